The van der Waals surface area contributed by atoms with Crippen LogP contribution in [-0.4, -0.2) is 37.1 Å². The molecule has 1 aromatic heterocycles. The summed E-state index contributed by atoms with van der Waals surface area (Å²) in [5, 5.41) is 13.3. The molecule has 0 bridgehead atoms. The second-order valence-electron chi connectivity index (χ2n) is 7.82. The first-order valence-corrected chi connectivity index (χ1v) is 11.3. The Morgan fingerprint density at radius 1 is 1.27 bits per heavy atom. The Bertz CT molecular complexity index is 1190. The molecular formula is C19H23FN4O5S. The highest BCUT2D eigenvalue weighted by molar-refractivity contribution is 7.92. The summed E-state index contributed by atoms with van der Waals surface area (Å²) in [6, 6.07) is 2.44. The van der Waals surface area contributed by atoms with Gasteiger partial charge >= 0.3 is 10.2 Å². The zero-order valence-corrected chi connectivity index (χ0v) is 17.3. The number of hydrogen-bond donors (Lipinski definition) is 3. The van der Waals surface area contributed by atoms with E-state index in [1.54, 1.807) is 4.72 Å². The van der Waals surface area contributed by atoms with Gasteiger partial charge in [0.05, 0.1) is 5.52 Å². The number of aromatic hydroxyl groups is 1. The maximum absolute atomic E-state index is 15.4. The summed E-state index contributed by atoms with van der Waals surface area (Å²) in [4.78, 5) is 24.2. The molecule has 0 unspecified atom stereocenters. The van der Waals surface area contributed by atoms with Crippen LogP contribution in [0.4, 0.5) is 15.8 Å². The van der Waals surface area contributed by atoms with E-state index in [0.29, 0.717) is 16.8 Å². The third-order valence-corrected chi connectivity index (χ3v) is 7.21. The summed E-state index contributed by atoms with van der Waals surface area (Å²) < 4.78 is 43.0. The van der Waals surface area contributed by atoms with Crippen LogP contribution in [0.1, 0.15) is 32.1 Å². The summed E-state index contributed by atoms with van der Waals surface area (Å²) >= 11 is 0. The van der Waals surface area contributed by atoms with Gasteiger partial charge in [-0.25, -0.2) is 13.4 Å². The molecule has 3 N–H and O–H groups in total. The normalized spacial score (nSPS) is 18.9. The van der Waals surface area contributed by atoms with Gasteiger partial charge in [0, 0.05) is 25.0 Å². The monoisotopic (exact) mass is 438 g/mol. The zero-order valence-electron chi connectivity index (χ0n) is 16.4. The number of carbonyl (C=O) groups is 1. The summed E-state index contributed by atoms with van der Waals surface area (Å²) in [5.41, 5.74) is -0.712. The molecule has 0 spiro atoms. The number of nitrogens with zero attached hydrogens (tertiary/aromatic N) is 2. The molecule has 2 fully saturated rings. The van der Waals surface area contributed by atoms with Gasteiger partial charge in [-0.2, -0.15) is 8.42 Å². The van der Waals surface area contributed by atoms with Crippen molar-refractivity contribution in [2.45, 2.75) is 32.1 Å². The second kappa shape index (κ2) is 7.46. The Hall–Kier alpha value is -2.82. The van der Waals surface area contributed by atoms with Gasteiger partial charge in [0.25, 0.3) is 11.5 Å². The molecular weight excluding hydrogens is 415 g/mol. The number of benzene rings is 1. The van der Waals surface area contributed by atoms with Crippen molar-refractivity contribution in [3.8, 4) is 5.75 Å². The lowest BCUT2D eigenvalue weighted by molar-refractivity contribution is -0.117. The molecule has 1 saturated heterocycles. The number of aromatic nitrogens is 1. The molecule has 1 saturated carbocycles. The van der Waals surface area contributed by atoms with Gasteiger partial charge in [0.1, 0.15) is 23.7 Å². The number of amides is 1. The van der Waals surface area contributed by atoms with E-state index in [9.17, 15) is 23.1 Å². The number of fused-ring (bicyclic) bond motifs is 1. The maximum Gasteiger partial charge on any atom is 0.326 e. The van der Waals surface area contributed by atoms with E-state index in [1.165, 1.54) is 43.4 Å². The van der Waals surface area contributed by atoms with Crippen LogP contribution in [0.15, 0.2) is 16.9 Å². The standard InChI is InChI=1S/C19H23FN4O5S/c1-23-14-9-15(25)18(24-10-16(26)22-30(24,28)29)17(20)12(14)8-13(19(23)27)21-7-6-11-4-2-3-5-11/h8-9,11,21,25H,2-7,10H2,1H3,(H,22,26). The predicted octanol–water partition coefficient (Wildman–Crippen LogP) is 1.56. The largest absolute Gasteiger partial charge is 0.506 e. The Morgan fingerprint density at radius 3 is 2.60 bits per heavy atom. The van der Waals surface area contributed by atoms with Crippen molar-refractivity contribution in [3.63, 3.8) is 0 Å². The van der Waals surface area contributed by atoms with Crippen molar-refractivity contribution in [1.82, 2.24) is 9.29 Å². The minimum absolute atomic E-state index is 0.0391. The van der Waals surface area contributed by atoms with Crippen LogP contribution in [0.25, 0.3) is 10.9 Å². The third-order valence-electron chi connectivity index (χ3n) is 5.83. The van der Waals surface area contributed by atoms with E-state index in [-0.39, 0.29) is 22.1 Å². The highest BCUT2D eigenvalue weighted by Crippen LogP contribution is 2.38. The van der Waals surface area contributed by atoms with E-state index in [4.69, 9.17) is 0 Å². The maximum atomic E-state index is 15.4. The van der Waals surface area contributed by atoms with Gasteiger partial charge in [-0.15, -0.1) is 0 Å². The quantitative estimate of drug-likeness (QED) is 0.652. The van der Waals surface area contributed by atoms with Gasteiger partial charge in [-0.3, -0.25) is 9.59 Å². The number of phenols is 1. The summed E-state index contributed by atoms with van der Waals surface area (Å²) in [5.74, 6) is -1.92. The van der Waals surface area contributed by atoms with Gasteiger partial charge in [0.2, 0.25) is 0 Å². The number of carbonyl (C=O) groups excluding carboxylic acids is 1. The van der Waals surface area contributed by atoms with Crippen molar-refractivity contribution in [1.29, 1.82) is 0 Å². The molecule has 2 aromatic rings. The molecule has 0 radical (unpaired) electrons. The first-order chi connectivity index (χ1) is 14.2. The molecule has 1 aliphatic heterocycles. The Labute approximate surface area is 172 Å². The zero-order chi connectivity index (χ0) is 21.6. The highest BCUT2D eigenvalue weighted by Gasteiger charge is 2.38. The number of aryl methyl sites for hydroxylation is 1. The second-order valence-corrected chi connectivity index (χ2v) is 9.41. The number of phenolic OH excluding ortho intramolecular Hbond substituents is 1. The van der Waals surface area contributed by atoms with Gasteiger partial charge < -0.3 is 15.0 Å². The van der Waals surface area contributed by atoms with Crippen LogP contribution < -0.4 is 19.9 Å². The van der Waals surface area contributed by atoms with Gasteiger partial charge in [-0.1, -0.05) is 25.7 Å². The Balaban J connectivity index is 1.75. The van der Waals surface area contributed by atoms with E-state index in [0.717, 1.165) is 12.5 Å². The minimum Gasteiger partial charge on any atom is -0.506 e. The SMILES string of the molecule is Cn1c(=O)c(NCCC2CCCC2)cc2c(F)c(N3CC(=O)NS3(=O)=O)c(O)cc21. The summed E-state index contributed by atoms with van der Waals surface area (Å²) in [6.45, 7) is -0.0759. The number of nitrogens with one attached hydrogen (secondary N) is 2. The molecule has 2 heterocycles. The lowest BCUT2D eigenvalue weighted by Crippen LogP contribution is -2.30. The minimum atomic E-state index is -4.31. The van der Waals surface area contributed by atoms with Crippen molar-refractivity contribution in [2.75, 3.05) is 22.7 Å². The summed E-state index contributed by atoms with van der Waals surface area (Å²) in [7, 11) is -2.86. The fourth-order valence-corrected chi connectivity index (χ4v) is 5.42. The average molecular weight is 438 g/mol. The number of anilines is 2. The number of pyridine rings is 1. The molecule has 11 heteroatoms. The van der Waals surface area contributed by atoms with Crippen LogP contribution in [0, 0.1) is 11.7 Å². The molecule has 4 rings (SSSR count). The lowest BCUT2D eigenvalue weighted by atomic mass is 10.0. The Morgan fingerprint density at radius 2 is 1.97 bits per heavy atom. The van der Waals surface area contributed by atoms with Crippen LogP contribution in [0.3, 0.4) is 0 Å². The molecule has 9 nitrogen and oxygen atoms in total. The Kier molecular flexibility index (Phi) is 5.08. The van der Waals surface area contributed by atoms with E-state index < -0.39 is 39.9 Å². The molecule has 1 aromatic carbocycles. The molecule has 1 aliphatic carbocycles. The fraction of sp³-hybridized carbons (Fsp3) is 0.474. The van der Waals surface area contributed by atoms with Gasteiger partial charge in [0.15, 0.2) is 5.82 Å². The first kappa shape index (κ1) is 20.5. The lowest BCUT2D eigenvalue weighted by Gasteiger charge is -2.19. The molecule has 162 valence electrons. The average Bonchev–Trinajstić information content (AvgIpc) is 3.27. The van der Waals surface area contributed by atoms with Crippen LogP contribution in [-0.2, 0) is 22.1 Å². The van der Waals surface area contributed by atoms with Crippen LogP contribution >= 0.6 is 0 Å². The topological polar surface area (TPSA) is 121 Å². The van der Waals surface area contributed by atoms with Crippen molar-refractivity contribution in [2.24, 2.45) is 13.0 Å². The third kappa shape index (κ3) is 3.47. The van der Waals surface area contributed by atoms with E-state index in [2.05, 4.69) is 5.32 Å². The summed E-state index contributed by atoms with van der Waals surface area (Å²) in [6.07, 6.45) is 5.69. The highest BCUT2D eigenvalue weighted by atomic mass is 32.2. The number of halogens is 1. The fourth-order valence-electron chi connectivity index (χ4n) is 4.26. The van der Waals surface area contributed by atoms with Crippen LogP contribution in [0.5, 0.6) is 5.75 Å². The number of rotatable bonds is 5. The predicted molar refractivity (Wildman–Crippen MR) is 110 cm³/mol. The van der Waals surface area contributed by atoms with Crippen molar-refractivity contribution >= 4 is 38.4 Å². The van der Waals surface area contributed by atoms with E-state index in [1.807, 2.05) is 0 Å². The number of hydrogen-bond acceptors (Lipinski definition) is 6. The smallest absolute Gasteiger partial charge is 0.326 e. The molecule has 2 aliphatic rings. The van der Waals surface area contributed by atoms with Gasteiger partial charge in [-0.05, 0) is 18.4 Å². The van der Waals surface area contributed by atoms with E-state index >= 15 is 4.39 Å². The van der Waals surface area contributed by atoms with Crippen LogP contribution in [0.2, 0.25) is 0 Å². The molecule has 30 heavy (non-hydrogen) atoms. The van der Waals surface area contributed by atoms with Crippen molar-refractivity contribution in [3.05, 3.63) is 28.3 Å². The molecule has 0 atom stereocenters. The van der Waals surface area contributed by atoms with Crippen molar-refractivity contribution < 1.29 is 22.7 Å². The molecule has 1 amide bonds. The first-order valence-electron chi connectivity index (χ1n) is 9.81.